The lowest BCUT2D eigenvalue weighted by molar-refractivity contribution is 0.600. The molecule has 5 nitrogen and oxygen atoms in total. The van der Waals surface area contributed by atoms with Gasteiger partial charge in [-0.1, -0.05) is 34.1 Å². The van der Waals surface area contributed by atoms with Crippen molar-refractivity contribution < 1.29 is 8.42 Å². The molecule has 3 aromatic rings. The van der Waals surface area contributed by atoms with Crippen molar-refractivity contribution in [2.45, 2.75) is 25.3 Å². The molecule has 7 heteroatoms. The van der Waals surface area contributed by atoms with Gasteiger partial charge < -0.3 is 0 Å². The second-order valence-electron chi connectivity index (χ2n) is 5.88. The molecule has 0 atom stereocenters. The van der Waals surface area contributed by atoms with E-state index in [-0.39, 0.29) is 4.90 Å². The third-order valence-electron chi connectivity index (χ3n) is 3.93. The highest BCUT2D eigenvalue weighted by atomic mass is 79.9. The summed E-state index contributed by atoms with van der Waals surface area (Å²) in [5.74, 6) is 0.301. The highest BCUT2D eigenvalue weighted by Crippen LogP contribution is 2.18. The van der Waals surface area contributed by atoms with E-state index in [0.29, 0.717) is 12.4 Å². The zero-order chi connectivity index (χ0) is 18.0. The summed E-state index contributed by atoms with van der Waals surface area (Å²) in [5, 5.41) is 4.29. The summed E-state index contributed by atoms with van der Waals surface area (Å²) >= 11 is 3.40. The molecule has 2 aromatic carbocycles. The first-order valence-corrected chi connectivity index (χ1v) is 9.99. The SMILES string of the molecule is Cc1ccc(S(=O)(=O)Nc2ccn(Cc3ccc(Br)cc3)n2)cc1C. The van der Waals surface area contributed by atoms with E-state index >= 15 is 0 Å². The Kier molecular flexibility index (Phi) is 4.96. The molecule has 0 amide bonds. The van der Waals surface area contributed by atoms with E-state index in [9.17, 15) is 8.42 Å². The second-order valence-corrected chi connectivity index (χ2v) is 8.47. The van der Waals surface area contributed by atoms with Crippen LogP contribution in [-0.4, -0.2) is 18.2 Å². The van der Waals surface area contributed by atoms with Crippen LogP contribution in [0.3, 0.4) is 0 Å². The lowest BCUT2D eigenvalue weighted by Gasteiger charge is -2.08. The number of rotatable bonds is 5. The van der Waals surface area contributed by atoms with E-state index in [1.54, 1.807) is 35.1 Å². The minimum absolute atomic E-state index is 0.234. The first-order chi connectivity index (χ1) is 11.8. The maximum absolute atomic E-state index is 12.5. The van der Waals surface area contributed by atoms with Crippen molar-refractivity contribution in [3.05, 3.63) is 75.9 Å². The van der Waals surface area contributed by atoms with Gasteiger partial charge in [0.15, 0.2) is 5.82 Å². The Bertz CT molecular complexity index is 995. The maximum atomic E-state index is 12.5. The number of nitrogens with one attached hydrogen (secondary N) is 1. The van der Waals surface area contributed by atoms with Crippen molar-refractivity contribution in [1.29, 1.82) is 0 Å². The largest absolute Gasteiger partial charge is 0.266 e. The third-order valence-corrected chi connectivity index (χ3v) is 5.81. The molecule has 1 heterocycles. The van der Waals surface area contributed by atoms with Crippen molar-refractivity contribution in [3.63, 3.8) is 0 Å². The van der Waals surface area contributed by atoms with Crippen LogP contribution in [-0.2, 0) is 16.6 Å². The molecule has 0 fully saturated rings. The average Bonchev–Trinajstić information content (AvgIpc) is 2.98. The van der Waals surface area contributed by atoms with Crippen LogP contribution in [0, 0.1) is 13.8 Å². The van der Waals surface area contributed by atoms with E-state index in [0.717, 1.165) is 21.2 Å². The summed E-state index contributed by atoms with van der Waals surface area (Å²) < 4.78 is 30.2. The second kappa shape index (κ2) is 7.01. The summed E-state index contributed by atoms with van der Waals surface area (Å²) in [6.07, 6.45) is 1.75. The van der Waals surface area contributed by atoms with Gasteiger partial charge in [-0.2, -0.15) is 5.10 Å². The predicted molar refractivity (Wildman–Crippen MR) is 102 cm³/mol. The summed E-state index contributed by atoms with van der Waals surface area (Å²) in [5.41, 5.74) is 3.07. The average molecular weight is 420 g/mol. The minimum atomic E-state index is -3.65. The van der Waals surface area contributed by atoms with Gasteiger partial charge in [0.05, 0.1) is 11.4 Å². The van der Waals surface area contributed by atoms with Crippen LogP contribution >= 0.6 is 15.9 Å². The maximum Gasteiger partial charge on any atom is 0.263 e. The molecular weight excluding hydrogens is 402 g/mol. The van der Waals surface area contributed by atoms with Crippen molar-refractivity contribution in [2.75, 3.05) is 4.72 Å². The fourth-order valence-corrected chi connectivity index (χ4v) is 3.70. The van der Waals surface area contributed by atoms with Crippen LogP contribution in [0.5, 0.6) is 0 Å². The number of anilines is 1. The van der Waals surface area contributed by atoms with Gasteiger partial charge in [0.25, 0.3) is 10.0 Å². The molecule has 1 N–H and O–H groups in total. The van der Waals surface area contributed by atoms with Crippen LogP contribution in [0.1, 0.15) is 16.7 Å². The van der Waals surface area contributed by atoms with Gasteiger partial charge >= 0.3 is 0 Å². The fourth-order valence-electron chi connectivity index (χ4n) is 2.36. The Balaban J connectivity index is 1.75. The molecule has 0 aliphatic carbocycles. The molecule has 25 heavy (non-hydrogen) atoms. The lowest BCUT2D eigenvalue weighted by Crippen LogP contribution is -2.14. The number of hydrogen-bond donors (Lipinski definition) is 1. The summed E-state index contributed by atoms with van der Waals surface area (Å²) in [4.78, 5) is 0.234. The molecule has 3 rings (SSSR count). The highest BCUT2D eigenvalue weighted by molar-refractivity contribution is 9.10. The van der Waals surface area contributed by atoms with Gasteiger partial charge in [0, 0.05) is 16.7 Å². The van der Waals surface area contributed by atoms with E-state index < -0.39 is 10.0 Å². The van der Waals surface area contributed by atoms with E-state index in [2.05, 4.69) is 25.8 Å². The first kappa shape index (κ1) is 17.7. The van der Waals surface area contributed by atoms with Crippen molar-refractivity contribution in [1.82, 2.24) is 9.78 Å². The Morgan fingerprint density at radius 2 is 1.76 bits per heavy atom. The van der Waals surface area contributed by atoms with Crippen LogP contribution in [0.25, 0.3) is 0 Å². The summed E-state index contributed by atoms with van der Waals surface area (Å²) in [6, 6.07) is 14.6. The fraction of sp³-hybridized carbons (Fsp3) is 0.167. The van der Waals surface area contributed by atoms with Crippen LogP contribution in [0.4, 0.5) is 5.82 Å². The van der Waals surface area contributed by atoms with Gasteiger partial charge in [0.2, 0.25) is 0 Å². The number of sulfonamides is 1. The number of halogens is 1. The molecule has 130 valence electrons. The number of hydrogen-bond acceptors (Lipinski definition) is 3. The Hall–Kier alpha value is -2.12. The molecule has 1 aromatic heterocycles. The van der Waals surface area contributed by atoms with Crippen molar-refractivity contribution in [3.8, 4) is 0 Å². The number of aryl methyl sites for hydroxylation is 2. The Morgan fingerprint density at radius 3 is 2.44 bits per heavy atom. The third kappa shape index (κ3) is 4.29. The monoisotopic (exact) mass is 419 g/mol. The molecular formula is C18H18BrN3O2S. The number of aromatic nitrogens is 2. The normalized spacial score (nSPS) is 11.5. The smallest absolute Gasteiger partial charge is 0.263 e. The van der Waals surface area contributed by atoms with Crippen LogP contribution < -0.4 is 4.72 Å². The first-order valence-electron chi connectivity index (χ1n) is 7.71. The standard InChI is InChI=1S/C18H18BrN3O2S/c1-13-3-8-17(11-14(13)2)25(23,24)21-18-9-10-22(20-18)12-15-4-6-16(19)7-5-15/h3-11H,12H2,1-2H3,(H,20,21). The molecule has 0 unspecified atom stereocenters. The van der Waals surface area contributed by atoms with Crippen LogP contribution in [0.15, 0.2) is 64.1 Å². The highest BCUT2D eigenvalue weighted by Gasteiger charge is 2.16. The molecule has 0 spiro atoms. The quantitative estimate of drug-likeness (QED) is 0.676. The van der Waals surface area contributed by atoms with E-state index in [1.165, 1.54) is 0 Å². The Morgan fingerprint density at radius 1 is 1.04 bits per heavy atom. The van der Waals surface area contributed by atoms with Gasteiger partial charge in [-0.3, -0.25) is 9.40 Å². The van der Waals surface area contributed by atoms with Gasteiger partial charge in [0.1, 0.15) is 0 Å². The molecule has 0 aliphatic heterocycles. The molecule has 0 radical (unpaired) electrons. The van der Waals surface area contributed by atoms with Gasteiger partial charge in [-0.25, -0.2) is 8.42 Å². The molecule has 0 bridgehead atoms. The molecule has 0 saturated carbocycles. The molecule has 0 saturated heterocycles. The zero-order valence-corrected chi connectivity index (χ0v) is 16.3. The van der Waals surface area contributed by atoms with E-state index in [4.69, 9.17) is 0 Å². The minimum Gasteiger partial charge on any atom is -0.266 e. The van der Waals surface area contributed by atoms with Crippen LogP contribution in [0.2, 0.25) is 0 Å². The predicted octanol–water partition coefficient (Wildman–Crippen LogP) is 4.11. The van der Waals surface area contributed by atoms with E-state index in [1.807, 2.05) is 38.1 Å². The number of benzene rings is 2. The summed E-state index contributed by atoms with van der Waals surface area (Å²) in [6.45, 7) is 4.41. The number of nitrogens with zero attached hydrogens (tertiary/aromatic N) is 2. The van der Waals surface area contributed by atoms with Crippen molar-refractivity contribution >= 4 is 31.8 Å². The van der Waals surface area contributed by atoms with Gasteiger partial charge in [-0.15, -0.1) is 0 Å². The molecule has 0 aliphatic rings. The summed E-state index contributed by atoms with van der Waals surface area (Å²) in [7, 11) is -3.65. The topological polar surface area (TPSA) is 64.0 Å². The van der Waals surface area contributed by atoms with Gasteiger partial charge in [-0.05, 0) is 54.8 Å². The van der Waals surface area contributed by atoms with Crippen molar-refractivity contribution in [2.24, 2.45) is 0 Å². The Labute approximate surface area is 155 Å². The zero-order valence-electron chi connectivity index (χ0n) is 13.9. The lowest BCUT2D eigenvalue weighted by atomic mass is 10.1.